The second-order valence-corrected chi connectivity index (χ2v) is 4.16. The summed E-state index contributed by atoms with van der Waals surface area (Å²) in [6.45, 7) is 4.97. The fraction of sp³-hybridized carbons (Fsp3) is 0.500. The largest absolute Gasteiger partial charge is 0.383 e. The molecule has 4 nitrogen and oxygen atoms in total. The van der Waals surface area contributed by atoms with Crippen molar-refractivity contribution in [2.45, 2.75) is 19.9 Å². The maximum atomic E-state index is 12.3. The predicted octanol–water partition coefficient (Wildman–Crippen LogP) is 2.23. The second kappa shape index (κ2) is 6.57. The molecule has 0 aliphatic heterocycles. The Morgan fingerprint density at radius 2 is 2.35 bits per heavy atom. The van der Waals surface area contributed by atoms with Crippen molar-refractivity contribution in [1.29, 1.82) is 0 Å². The Bertz CT molecular complexity index is 385. The SMILES string of the molecule is CCN(C(=O)c1cnccc1Cl)C(C)COC. The van der Waals surface area contributed by atoms with E-state index in [2.05, 4.69) is 4.98 Å². The molecular formula is C12H17ClN2O2. The number of nitrogens with zero attached hydrogens (tertiary/aromatic N) is 2. The average Bonchev–Trinajstić information content (AvgIpc) is 2.30. The average molecular weight is 257 g/mol. The lowest BCUT2D eigenvalue weighted by Crippen LogP contribution is -2.41. The first-order valence-electron chi connectivity index (χ1n) is 5.51. The number of likely N-dealkylation sites (N-methyl/N-ethyl adjacent to an activating group) is 1. The van der Waals surface area contributed by atoms with E-state index >= 15 is 0 Å². The maximum Gasteiger partial charge on any atom is 0.257 e. The van der Waals surface area contributed by atoms with Crippen LogP contribution >= 0.6 is 11.6 Å². The summed E-state index contributed by atoms with van der Waals surface area (Å²) in [7, 11) is 1.62. The van der Waals surface area contributed by atoms with Crippen LogP contribution in [0.2, 0.25) is 5.02 Å². The van der Waals surface area contributed by atoms with Crippen LogP contribution in [0.15, 0.2) is 18.5 Å². The molecule has 0 aliphatic rings. The van der Waals surface area contributed by atoms with Gasteiger partial charge in [-0.3, -0.25) is 9.78 Å². The zero-order valence-electron chi connectivity index (χ0n) is 10.3. The van der Waals surface area contributed by atoms with Crippen LogP contribution in [0, 0.1) is 0 Å². The highest BCUT2D eigenvalue weighted by Crippen LogP contribution is 2.17. The van der Waals surface area contributed by atoms with Crippen LogP contribution in [-0.2, 0) is 4.74 Å². The zero-order chi connectivity index (χ0) is 12.8. The normalized spacial score (nSPS) is 12.2. The molecule has 0 saturated heterocycles. The molecule has 17 heavy (non-hydrogen) atoms. The Balaban J connectivity index is 2.90. The topological polar surface area (TPSA) is 42.4 Å². The van der Waals surface area contributed by atoms with E-state index in [1.54, 1.807) is 24.3 Å². The number of hydrogen-bond donors (Lipinski definition) is 0. The number of rotatable bonds is 5. The smallest absolute Gasteiger partial charge is 0.257 e. The molecule has 1 aromatic heterocycles. The van der Waals surface area contributed by atoms with Gasteiger partial charge < -0.3 is 9.64 Å². The van der Waals surface area contributed by atoms with Crippen LogP contribution < -0.4 is 0 Å². The van der Waals surface area contributed by atoms with Crippen LogP contribution in [-0.4, -0.2) is 42.1 Å². The van der Waals surface area contributed by atoms with E-state index in [1.807, 2.05) is 13.8 Å². The van der Waals surface area contributed by atoms with Gasteiger partial charge in [-0.05, 0) is 19.9 Å². The monoisotopic (exact) mass is 256 g/mol. The molecule has 0 radical (unpaired) electrons. The van der Waals surface area contributed by atoms with Crippen LogP contribution in [0.3, 0.4) is 0 Å². The highest BCUT2D eigenvalue weighted by molar-refractivity contribution is 6.33. The summed E-state index contributed by atoms with van der Waals surface area (Å²) in [5.41, 5.74) is 0.430. The van der Waals surface area contributed by atoms with Crippen molar-refractivity contribution in [3.8, 4) is 0 Å². The van der Waals surface area contributed by atoms with Crippen molar-refractivity contribution in [1.82, 2.24) is 9.88 Å². The van der Waals surface area contributed by atoms with Gasteiger partial charge in [0.2, 0.25) is 0 Å². The summed E-state index contributed by atoms with van der Waals surface area (Å²) in [4.78, 5) is 17.9. The first kappa shape index (κ1) is 13.9. The third-order valence-corrected chi connectivity index (χ3v) is 2.87. The first-order valence-corrected chi connectivity index (χ1v) is 5.89. The standard InChI is InChI=1S/C12H17ClN2O2/c1-4-15(9(2)8-17-3)12(16)10-7-14-6-5-11(10)13/h5-7,9H,4,8H2,1-3H3. The van der Waals surface area contributed by atoms with E-state index in [1.165, 1.54) is 6.20 Å². The Morgan fingerprint density at radius 3 is 2.88 bits per heavy atom. The quantitative estimate of drug-likeness (QED) is 0.811. The van der Waals surface area contributed by atoms with Crippen molar-refractivity contribution in [3.05, 3.63) is 29.0 Å². The number of hydrogen-bond acceptors (Lipinski definition) is 3. The van der Waals surface area contributed by atoms with Crippen molar-refractivity contribution in [2.24, 2.45) is 0 Å². The minimum absolute atomic E-state index is 0.00812. The molecule has 0 spiro atoms. The molecule has 0 bridgehead atoms. The predicted molar refractivity (Wildman–Crippen MR) is 67.3 cm³/mol. The molecule has 1 aromatic rings. The van der Waals surface area contributed by atoms with Crippen molar-refractivity contribution >= 4 is 17.5 Å². The zero-order valence-corrected chi connectivity index (χ0v) is 11.1. The molecule has 1 unspecified atom stereocenters. The number of carbonyl (C=O) groups is 1. The van der Waals surface area contributed by atoms with Crippen LogP contribution in [0.5, 0.6) is 0 Å². The molecule has 1 amide bonds. The fourth-order valence-corrected chi connectivity index (χ4v) is 1.86. The summed E-state index contributed by atoms with van der Waals surface area (Å²) in [6.07, 6.45) is 3.06. The van der Waals surface area contributed by atoms with Gasteiger partial charge in [0.25, 0.3) is 5.91 Å². The van der Waals surface area contributed by atoms with Gasteiger partial charge in [-0.25, -0.2) is 0 Å². The molecule has 0 fully saturated rings. The van der Waals surface area contributed by atoms with Gasteiger partial charge >= 0.3 is 0 Å². The van der Waals surface area contributed by atoms with Gasteiger partial charge in [-0.2, -0.15) is 0 Å². The minimum atomic E-state index is -0.116. The van der Waals surface area contributed by atoms with Gasteiger partial charge in [-0.15, -0.1) is 0 Å². The maximum absolute atomic E-state index is 12.3. The van der Waals surface area contributed by atoms with Crippen LogP contribution in [0.25, 0.3) is 0 Å². The van der Waals surface area contributed by atoms with E-state index in [-0.39, 0.29) is 11.9 Å². The number of carbonyl (C=O) groups excluding carboxylic acids is 1. The number of methoxy groups -OCH3 is 1. The minimum Gasteiger partial charge on any atom is -0.383 e. The highest BCUT2D eigenvalue weighted by Gasteiger charge is 2.21. The lowest BCUT2D eigenvalue weighted by Gasteiger charge is -2.27. The van der Waals surface area contributed by atoms with Gasteiger partial charge in [0.05, 0.1) is 23.2 Å². The lowest BCUT2D eigenvalue weighted by atomic mass is 10.2. The van der Waals surface area contributed by atoms with Gasteiger partial charge in [0, 0.05) is 26.0 Å². The van der Waals surface area contributed by atoms with Gasteiger partial charge in [0.15, 0.2) is 0 Å². The number of ether oxygens (including phenoxy) is 1. The Labute approximate surface area is 107 Å². The van der Waals surface area contributed by atoms with E-state index in [9.17, 15) is 4.79 Å². The van der Waals surface area contributed by atoms with Crippen LogP contribution in [0.1, 0.15) is 24.2 Å². The second-order valence-electron chi connectivity index (χ2n) is 3.75. The summed E-state index contributed by atoms with van der Waals surface area (Å²) in [5.74, 6) is -0.116. The third-order valence-electron chi connectivity index (χ3n) is 2.54. The molecule has 1 heterocycles. The lowest BCUT2D eigenvalue weighted by molar-refractivity contribution is 0.0579. The summed E-state index contributed by atoms with van der Waals surface area (Å²) in [5, 5.41) is 0.424. The summed E-state index contributed by atoms with van der Waals surface area (Å²) in [6, 6.07) is 1.62. The number of aromatic nitrogens is 1. The molecule has 94 valence electrons. The summed E-state index contributed by atoms with van der Waals surface area (Å²) >= 11 is 5.98. The Morgan fingerprint density at radius 1 is 1.65 bits per heavy atom. The molecule has 0 N–H and O–H groups in total. The number of pyridine rings is 1. The molecule has 5 heteroatoms. The van der Waals surface area contributed by atoms with E-state index in [0.29, 0.717) is 23.7 Å². The molecule has 0 saturated carbocycles. The molecule has 1 atom stereocenters. The number of halogens is 1. The third kappa shape index (κ3) is 3.41. The summed E-state index contributed by atoms with van der Waals surface area (Å²) < 4.78 is 5.06. The Kier molecular flexibility index (Phi) is 5.38. The first-order chi connectivity index (χ1) is 8.11. The van der Waals surface area contributed by atoms with Crippen molar-refractivity contribution in [3.63, 3.8) is 0 Å². The molecule has 1 rings (SSSR count). The van der Waals surface area contributed by atoms with Gasteiger partial charge in [-0.1, -0.05) is 11.6 Å². The van der Waals surface area contributed by atoms with Crippen molar-refractivity contribution in [2.75, 3.05) is 20.3 Å². The fourth-order valence-electron chi connectivity index (χ4n) is 1.68. The van der Waals surface area contributed by atoms with E-state index < -0.39 is 0 Å². The van der Waals surface area contributed by atoms with E-state index in [4.69, 9.17) is 16.3 Å². The van der Waals surface area contributed by atoms with Crippen LogP contribution in [0.4, 0.5) is 0 Å². The molecule has 0 aromatic carbocycles. The molecule has 0 aliphatic carbocycles. The van der Waals surface area contributed by atoms with Crippen molar-refractivity contribution < 1.29 is 9.53 Å². The van der Waals surface area contributed by atoms with E-state index in [0.717, 1.165) is 0 Å². The highest BCUT2D eigenvalue weighted by atomic mass is 35.5. The number of amides is 1. The molecular weight excluding hydrogens is 240 g/mol. The van der Waals surface area contributed by atoms with Gasteiger partial charge in [0.1, 0.15) is 0 Å². The Hall–Kier alpha value is -1.13.